The third-order valence-electron chi connectivity index (χ3n) is 10.2. The van der Waals surface area contributed by atoms with Gasteiger partial charge in [-0.1, -0.05) is 143 Å². The summed E-state index contributed by atoms with van der Waals surface area (Å²) in [5, 5.41) is 5.98. The number of carbonyl (C=O) groups is 4. The van der Waals surface area contributed by atoms with E-state index in [1.54, 1.807) is 0 Å². The number of carbonyl (C=O) groups excluding carboxylic acids is 4. The van der Waals surface area contributed by atoms with Gasteiger partial charge in [0.25, 0.3) is 0 Å². The van der Waals surface area contributed by atoms with E-state index in [0.29, 0.717) is 48.2 Å². The van der Waals surface area contributed by atoms with Gasteiger partial charge in [0, 0.05) is 25.7 Å². The summed E-state index contributed by atoms with van der Waals surface area (Å²) in [4.78, 5) is 50.0. The highest BCUT2D eigenvalue weighted by molar-refractivity contribution is 7.80. The van der Waals surface area contributed by atoms with Crippen molar-refractivity contribution >= 4 is 36.0 Å². The van der Waals surface area contributed by atoms with Crippen molar-refractivity contribution in [3.8, 4) is 0 Å². The standard InChI is InChI=1S/C22H43NO2S.C22H43NO2/c1-16(2)20(18(24)14-17(15-26)22(6,7)8)23-19(25)12-10-9-11-13-21(3,4)5;1-16(2)20(18(24)15-17(3)22(7,8)9)23-19(25)13-11-10-12-14-21(4,5)6/h16-17,20,26H,9-15H2,1-8H3,(H,23,25);16-17,20H,10-15H2,1-9H3,(H,23,25)/t17-,20-;17-,20+/m01/s1. The van der Waals surface area contributed by atoms with E-state index < -0.39 is 0 Å². The monoisotopic (exact) mass is 739 g/mol. The van der Waals surface area contributed by atoms with Gasteiger partial charge in [-0.25, -0.2) is 0 Å². The van der Waals surface area contributed by atoms with Gasteiger partial charge >= 0.3 is 0 Å². The number of thiol groups is 1. The number of hydrogen-bond acceptors (Lipinski definition) is 5. The average Bonchev–Trinajstić information content (AvgIpc) is 2.94. The zero-order valence-corrected chi connectivity index (χ0v) is 37.6. The summed E-state index contributed by atoms with van der Waals surface area (Å²) < 4.78 is 0. The molecule has 0 spiro atoms. The van der Waals surface area contributed by atoms with Crippen molar-refractivity contribution < 1.29 is 19.2 Å². The smallest absolute Gasteiger partial charge is 0.220 e. The van der Waals surface area contributed by atoms with Crippen LogP contribution in [-0.2, 0) is 19.2 Å². The zero-order chi connectivity index (χ0) is 40.4. The lowest BCUT2D eigenvalue weighted by Gasteiger charge is -2.31. The summed E-state index contributed by atoms with van der Waals surface area (Å²) in [5.74, 6) is 1.76. The molecule has 51 heavy (non-hydrogen) atoms. The topological polar surface area (TPSA) is 92.3 Å². The van der Waals surface area contributed by atoms with Crippen LogP contribution < -0.4 is 10.6 Å². The van der Waals surface area contributed by atoms with Crippen molar-refractivity contribution in [2.75, 3.05) is 5.75 Å². The van der Waals surface area contributed by atoms with Gasteiger partial charge in [0.2, 0.25) is 11.8 Å². The number of amides is 2. The van der Waals surface area contributed by atoms with E-state index in [-0.39, 0.29) is 64.0 Å². The molecule has 2 N–H and O–H groups in total. The third-order valence-corrected chi connectivity index (χ3v) is 10.6. The minimum atomic E-state index is -0.387. The number of nitrogens with one attached hydrogen (secondary N) is 2. The fraction of sp³-hybridized carbons (Fsp3) is 0.909. The molecule has 0 heterocycles. The summed E-state index contributed by atoms with van der Waals surface area (Å²) in [5.41, 5.74) is 0.861. The summed E-state index contributed by atoms with van der Waals surface area (Å²) in [6.45, 7) is 36.5. The summed E-state index contributed by atoms with van der Waals surface area (Å²) in [7, 11) is 0. The molecule has 2 amide bonds. The Labute approximate surface area is 322 Å². The molecule has 0 aliphatic carbocycles. The van der Waals surface area contributed by atoms with E-state index >= 15 is 0 Å². The Morgan fingerprint density at radius 1 is 0.510 bits per heavy atom. The summed E-state index contributed by atoms with van der Waals surface area (Å²) >= 11 is 4.42. The Bertz CT molecular complexity index is 1010. The first-order valence-corrected chi connectivity index (χ1v) is 20.9. The number of ketones is 2. The van der Waals surface area contributed by atoms with Gasteiger partial charge in [-0.2, -0.15) is 12.6 Å². The SMILES string of the molecule is CC(C)[C@H](NC(=O)CCCCCC(C)(C)C)C(=O)C[C@@H](C)C(C)(C)C.CC(C)[C@H](NC(=O)CCCCCC(C)(C)C)C(=O)C[C@@H](CS)C(C)(C)C. The minimum Gasteiger partial charge on any atom is -0.346 e. The van der Waals surface area contributed by atoms with Crippen molar-refractivity contribution in [2.24, 2.45) is 45.3 Å². The quantitative estimate of drug-likeness (QED) is 0.0807. The Kier molecular flexibility index (Phi) is 24.5. The van der Waals surface area contributed by atoms with Crippen LogP contribution in [0.25, 0.3) is 0 Å². The fourth-order valence-electron chi connectivity index (χ4n) is 5.71. The molecular weight excluding hydrogens is 653 g/mol. The molecular formula is C44H86N2O4S. The normalized spacial score (nSPS) is 15.1. The Balaban J connectivity index is 0. The van der Waals surface area contributed by atoms with Crippen molar-refractivity contribution in [3.05, 3.63) is 0 Å². The molecule has 0 bridgehead atoms. The van der Waals surface area contributed by atoms with Crippen LogP contribution in [0.1, 0.15) is 195 Å². The Morgan fingerprint density at radius 2 is 0.863 bits per heavy atom. The second kappa shape index (κ2) is 24.1. The molecule has 7 heteroatoms. The molecule has 0 aromatic rings. The number of rotatable bonds is 21. The maximum Gasteiger partial charge on any atom is 0.220 e. The number of hydrogen-bond donors (Lipinski definition) is 3. The van der Waals surface area contributed by atoms with Gasteiger partial charge in [0.1, 0.15) is 0 Å². The lowest BCUT2D eigenvalue weighted by atomic mass is 9.77. The van der Waals surface area contributed by atoms with Gasteiger partial charge in [-0.3, -0.25) is 19.2 Å². The molecule has 0 aliphatic rings. The van der Waals surface area contributed by atoms with Crippen molar-refractivity contribution in [2.45, 2.75) is 207 Å². The van der Waals surface area contributed by atoms with Crippen LogP contribution in [0.15, 0.2) is 0 Å². The molecule has 0 radical (unpaired) electrons. The second-order valence-corrected chi connectivity index (χ2v) is 21.0. The van der Waals surface area contributed by atoms with Crippen LogP contribution in [0.4, 0.5) is 0 Å². The molecule has 0 fully saturated rings. The fourth-order valence-corrected chi connectivity index (χ4v) is 6.39. The molecule has 0 unspecified atom stereocenters. The van der Waals surface area contributed by atoms with Crippen LogP contribution in [0.2, 0.25) is 0 Å². The van der Waals surface area contributed by atoms with Gasteiger partial charge in [0.15, 0.2) is 11.6 Å². The predicted molar refractivity (Wildman–Crippen MR) is 223 cm³/mol. The highest BCUT2D eigenvalue weighted by atomic mass is 32.1. The number of Topliss-reactive ketones (excluding diaryl/α,β-unsaturated/α-hetero) is 2. The van der Waals surface area contributed by atoms with Crippen LogP contribution in [-0.4, -0.2) is 41.2 Å². The zero-order valence-electron chi connectivity index (χ0n) is 36.7. The summed E-state index contributed by atoms with van der Waals surface area (Å²) in [6.07, 6.45) is 10.6. The molecule has 0 rings (SSSR count). The third kappa shape index (κ3) is 27.0. The largest absolute Gasteiger partial charge is 0.346 e. The van der Waals surface area contributed by atoms with Gasteiger partial charge in [-0.05, 0) is 76.8 Å². The first kappa shape index (κ1) is 51.7. The van der Waals surface area contributed by atoms with E-state index in [1.165, 1.54) is 12.8 Å². The molecule has 0 saturated carbocycles. The first-order chi connectivity index (χ1) is 23.0. The van der Waals surface area contributed by atoms with Crippen LogP contribution in [0.3, 0.4) is 0 Å². The molecule has 0 saturated heterocycles. The molecule has 4 atom stereocenters. The van der Waals surface area contributed by atoms with Crippen molar-refractivity contribution in [1.29, 1.82) is 0 Å². The van der Waals surface area contributed by atoms with Crippen molar-refractivity contribution in [1.82, 2.24) is 10.6 Å². The second-order valence-electron chi connectivity index (χ2n) is 20.7. The molecule has 0 aromatic heterocycles. The van der Waals surface area contributed by atoms with E-state index in [4.69, 9.17) is 0 Å². The number of unbranched alkanes of at least 4 members (excludes halogenated alkanes) is 4. The summed E-state index contributed by atoms with van der Waals surface area (Å²) in [6, 6.07) is -0.742. The average molecular weight is 739 g/mol. The Morgan fingerprint density at radius 3 is 1.14 bits per heavy atom. The maximum absolute atomic E-state index is 12.8. The molecule has 0 aromatic carbocycles. The molecule has 0 aliphatic heterocycles. The van der Waals surface area contributed by atoms with E-state index in [9.17, 15) is 19.2 Å². The first-order valence-electron chi connectivity index (χ1n) is 20.3. The van der Waals surface area contributed by atoms with Gasteiger partial charge < -0.3 is 10.6 Å². The van der Waals surface area contributed by atoms with Gasteiger partial charge in [0.05, 0.1) is 12.1 Å². The highest BCUT2D eigenvalue weighted by Gasteiger charge is 2.31. The van der Waals surface area contributed by atoms with Crippen LogP contribution >= 0.6 is 12.6 Å². The van der Waals surface area contributed by atoms with E-state index in [0.717, 1.165) is 38.5 Å². The lowest BCUT2D eigenvalue weighted by molar-refractivity contribution is -0.129. The molecule has 6 nitrogen and oxygen atoms in total. The van der Waals surface area contributed by atoms with Crippen LogP contribution in [0, 0.1) is 45.3 Å². The highest BCUT2D eigenvalue weighted by Crippen LogP contribution is 2.31. The Hall–Kier alpha value is -1.37. The minimum absolute atomic E-state index is 0.00555. The predicted octanol–water partition coefficient (Wildman–Crippen LogP) is 11.4. The van der Waals surface area contributed by atoms with Crippen molar-refractivity contribution in [3.63, 3.8) is 0 Å². The van der Waals surface area contributed by atoms with Gasteiger partial charge in [-0.15, -0.1) is 0 Å². The van der Waals surface area contributed by atoms with Crippen LogP contribution in [0.5, 0.6) is 0 Å². The lowest BCUT2D eigenvalue weighted by Crippen LogP contribution is -2.45. The molecule has 302 valence electrons. The van der Waals surface area contributed by atoms with E-state index in [2.05, 4.69) is 113 Å². The maximum atomic E-state index is 12.8. The van der Waals surface area contributed by atoms with E-state index in [1.807, 2.05) is 27.7 Å².